The molecule has 0 aliphatic rings. The van der Waals surface area contributed by atoms with E-state index in [9.17, 15) is 0 Å². The number of hydrogen-bond donors (Lipinski definition) is 1. The molecular weight excluding hydrogens is 182 g/mol. The molecule has 1 N–H and O–H groups in total. The zero-order valence-electron chi connectivity index (χ0n) is 8.28. The average molecular weight is 195 g/mol. The summed E-state index contributed by atoms with van der Waals surface area (Å²) >= 11 is 0. The summed E-state index contributed by atoms with van der Waals surface area (Å²) in [5.41, 5.74) is 1.29. The lowest BCUT2D eigenvalue weighted by molar-refractivity contribution is 0.270. The normalized spacial score (nSPS) is 9.64. The van der Waals surface area contributed by atoms with Gasteiger partial charge in [0.05, 0.1) is 25.7 Å². The number of aliphatic hydroxyl groups excluding tert-OH is 1. The van der Waals surface area contributed by atoms with Gasteiger partial charge in [0.15, 0.2) is 11.5 Å². The number of aryl methyl sites for hydroxylation is 1. The van der Waals surface area contributed by atoms with Crippen molar-refractivity contribution in [1.29, 1.82) is 0 Å². The van der Waals surface area contributed by atoms with Gasteiger partial charge in [-0.3, -0.25) is 4.98 Å². The van der Waals surface area contributed by atoms with Crippen molar-refractivity contribution in [1.82, 2.24) is 4.98 Å². The van der Waals surface area contributed by atoms with Crippen molar-refractivity contribution in [2.75, 3.05) is 7.11 Å². The lowest BCUT2D eigenvalue weighted by Crippen LogP contribution is -1.99. The van der Waals surface area contributed by atoms with E-state index in [-0.39, 0.29) is 6.61 Å². The van der Waals surface area contributed by atoms with Crippen molar-refractivity contribution in [2.45, 2.75) is 13.5 Å². The largest absolute Gasteiger partial charge is 0.492 e. The van der Waals surface area contributed by atoms with Gasteiger partial charge in [-0.2, -0.15) is 0 Å². The highest BCUT2D eigenvalue weighted by molar-refractivity contribution is 5.48. The number of nitrogens with zero attached hydrogens (tertiary/aromatic N) is 1. The van der Waals surface area contributed by atoms with Crippen LogP contribution in [0, 0.1) is 6.92 Å². The quantitative estimate of drug-likeness (QED) is 0.738. The summed E-state index contributed by atoms with van der Waals surface area (Å²) in [7, 11) is 1.52. The summed E-state index contributed by atoms with van der Waals surface area (Å²) in [4.78, 5) is 4.06. The Labute approximate surface area is 82.8 Å². The fraction of sp³-hybridized carbons (Fsp3) is 0.300. The van der Waals surface area contributed by atoms with Crippen molar-refractivity contribution in [3.8, 4) is 11.5 Å². The van der Waals surface area contributed by atoms with Gasteiger partial charge in [-0.05, 0) is 6.92 Å². The van der Waals surface area contributed by atoms with Gasteiger partial charge in [0, 0.05) is 11.8 Å². The molecule has 4 nitrogen and oxygen atoms in total. The van der Waals surface area contributed by atoms with Crippen molar-refractivity contribution in [3.63, 3.8) is 0 Å². The molecule has 0 fully saturated rings. The second-order valence-electron chi connectivity index (χ2n) is 2.67. The van der Waals surface area contributed by atoms with E-state index in [1.807, 2.05) is 0 Å². The zero-order chi connectivity index (χ0) is 10.6. The molecule has 0 amide bonds. The second kappa shape index (κ2) is 4.62. The maximum Gasteiger partial charge on any atom is 0.189 e. The molecule has 0 spiro atoms. The van der Waals surface area contributed by atoms with Gasteiger partial charge in [0.2, 0.25) is 0 Å². The molecule has 0 atom stereocenters. The number of pyridine rings is 1. The molecule has 0 aliphatic heterocycles. The molecule has 0 saturated heterocycles. The number of ether oxygens (including phenoxy) is 2. The highest BCUT2D eigenvalue weighted by Gasteiger charge is 2.13. The van der Waals surface area contributed by atoms with Crippen LogP contribution in [0.1, 0.15) is 11.3 Å². The van der Waals surface area contributed by atoms with Crippen LogP contribution >= 0.6 is 0 Å². The van der Waals surface area contributed by atoms with Crippen molar-refractivity contribution >= 4 is 0 Å². The van der Waals surface area contributed by atoms with Gasteiger partial charge in [0.25, 0.3) is 0 Å². The summed E-state index contributed by atoms with van der Waals surface area (Å²) < 4.78 is 10.3. The monoisotopic (exact) mass is 195 g/mol. The lowest BCUT2D eigenvalue weighted by Gasteiger charge is -2.12. The van der Waals surface area contributed by atoms with Gasteiger partial charge >= 0.3 is 0 Å². The van der Waals surface area contributed by atoms with Crippen LogP contribution in [0.25, 0.3) is 0 Å². The van der Waals surface area contributed by atoms with E-state index < -0.39 is 0 Å². The molecule has 0 bridgehead atoms. The molecule has 76 valence electrons. The summed E-state index contributed by atoms with van der Waals surface area (Å²) in [6.07, 6.45) is 2.86. The van der Waals surface area contributed by atoms with E-state index >= 15 is 0 Å². The van der Waals surface area contributed by atoms with Crippen LogP contribution in [0.4, 0.5) is 0 Å². The van der Waals surface area contributed by atoms with E-state index in [1.54, 1.807) is 13.1 Å². The Morgan fingerprint density at radius 3 is 2.79 bits per heavy atom. The van der Waals surface area contributed by atoms with Crippen molar-refractivity contribution in [3.05, 3.63) is 30.3 Å². The minimum Gasteiger partial charge on any atom is -0.492 e. The predicted molar refractivity (Wildman–Crippen MR) is 52.3 cm³/mol. The van der Waals surface area contributed by atoms with E-state index in [0.29, 0.717) is 22.8 Å². The third-order valence-corrected chi connectivity index (χ3v) is 1.82. The molecule has 1 rings (SSSR count). The maximum absolute atomic E-state index is 9.03. The number of methoxy groups -OCH3 is 1. The summed E-state index contributed by atoms with van der Waals surface area (Å²) in [5, 5.41) is 9.03. The third kappa shape index (κ3) is 1.85. The van der Waals surface area contributed by atoms with Crippen LogP contribution in [0.15, 0.2) is 19.0 Å². The minimum atomic E-state index is -0.135. The standard InChI is InChI=1S/C10H13NO3/c1-4-14-9-7(2)11-5-8(6-12)10(9)13-3/h4-5,12H,1,6H2,2-3H3. The SMILES string of the molecule is C=COc1c(C)ncc(CO)c1OC. The Morgan fingerprint density at radius 2 is 2.29 bits per heavy atom. The first kappa shape index (κ1) is 10.5. The average Bonchev–Trinajstić information content (AvgIpc) is 2.21. The fourth-order valence-corrected chi connectivity index (χ4v) is 1.16. The van der Waals surface area contributed by atoms with Crippen LogP contribution < -0.4 is 9.47 Å². The molecule has 1 aromatic heterocycles. The van der Waals surface area contributed by atoms with E-state index in [0.717, 1.165) is 0 Å². The Kier molecular flexibility index (Phi) is 3.48. The van der Waals surface area contributed by atoms with Gasteiger partial charge in [-0.15, -0.1) is 0 Å². The van der Waals surface area contributed by atoms with E-state index in [1.165, 1.54) is 13.4 Å². The van der Waals surface area contributed by atoms with Crippen LogP contribution in [0.2, 0.25) is 0 Å². The number of aromatic nitrogens is 1. The lowest BCUT2D eigenvalue weighted by atomic mass is 10.2. The van der Waals surface area contributed by atoms with Crippen molar-refractivity contribution < 1.29 is 14.6 Å². The van der Waals surface area contributed by atoms with E-state index in [4.69, 9.17) is 14.6 Å². The first-order valence-corrected chi connectivity index (χ1v) is 4.15. The van der Waals surface area contributed by atoms with Gasteiger partial charge in [0.1, 0.15) is 0 Å². The maximum atomic E-state index is 9.03. The van der Waals surface area contributed by atoms with Crippen LogP contribution in [-0.4, -0.2) is 17.2 Å². The van der Waals surface area contributed by atoms with Crippen molar-refractivity contribution in [2.24, 2.45) is 0 Å². The topological polar surface area (TPSA) is 51.6 Å². The number of hydrogen-bond acceptors (Lipinski definition) is 4. The zero-order valence-corrected chi connectivity index (χ0v) is 8.28. The van der Waals surface area contributed by atoms with E-state index in [2.05, 4.69) is 11.6 Å². The molecule has 0 radical (unpaired) electrons. The summed E-state index contributed by atoms with van der Waals surface area (Å²) in [6, 6.07) is 0. The predicted octanol–water partition coefficient (Wildman–Crippen LogP) is 1.41. The summed E-state index contributed by atoms with van der Waals surface area (Å²) in [6.45, 7) is 5.12. The van der Waals surface area contributed by atoms with Crippen LogP contribution in [0.3, 0.4) is 0 Å². The highest BCUT2D eigenvalue weighted by Crippen LogP contribution is 2.33. The molecule has 0 saturated carbocycles. The molecule has 0 unspecified atom stereocenters. The van der Waals surface area contributed by atoms with Crippen LogP contribution in [0.5, 0.6) is 11.5 Å². The highest BCUT2D eigenvalue weighted by atomic mass is 16.5. The molecule has 1 heterocycles. The number of rotatable bonds is 4. The smallest absolute Gasteiger partial charge is 0.189 e. The minimum absolute atomic E-state index is 0.135. The molecule has 14 heavy (non-hydrogen) atoms. The molecule has 4 heteroatoms. The molecular formula is C10H13NO3. The van der Waals surface area contributed by atoms with Crippen LogP contribution in [-0.2, 0) is 6.61 Å². The Morgan fingerprint density at radius 1 is 1.57 bits per heavy atom. The van der Waals surface area contributed by atoms with Gasteiger partial charge in [-0.25, -0.2) is 0 Å². The Bertz CT molecular complexity index is 336. The molecule has 1 aromatic rings. The fourth-order valence-electron chi connectivity index (χ4n) is 1.16. The Hall–Kier alpha value is -1.55. The first-order chi connectivity index (χ1) is 6.74. The number of aliphatic hydroxyl groups is 1. The molecule has 0 aromatic carbocycles. The second-order valence-corrected chi connectivity index (χ2v) is 2.67. The van der Waals surface area contributed by atoms with Gasteiger partial charge < -0.3 is 14.6 Å². The molecule has 0 aliphatic carbocycles. The first-order valence-electron chi connectivity index (χ1n) is 4.15. The third-order valence-electron chi connectivity index (χ3n) is 1.82. The Balaban J connectivity index is 3.26. The van der Waals surface area contributed by atoms with Gasteiger partial charge in [-0.1, -0.05) is 6.58 Å². The summed E-state index contributed by atoms with van der Waals surface area (Å²) in [5.74, 6) is 0.994.